The third-order valence-electron chi connectivity index (χ3n) is 1.57. The first-order valence-electron chi connectivity index (χ1n) is 3.73. The normalized spacial score (nSPS) is 10.6. The highest BCUT2D eigenvalue weighted by Crippen LogP contribution is 2.19. The van der Waals surface area contributed by atoms with E-state index < -0.39 is 17.4 Å². The Morgan fingerprint density at radius 1 is 1.57 bits per heavy atom. The Morgan fingerprint density at radius 2 is 2.21 bits per heavy atom. The molecule has 0 aliphatic heterocycles. The highest BCUT2D eigenvalue weighted by molar-refractivity contribution is 6.67. The van der Waals surface area contributed by atoms with Gasteiger partial charge in [-0.2, -0.15) is 0 Å². The van der Waals surface area contributed by atoms with Crippen LogP contribution in [0.4, 0.5) is 8.78 Å². The van der Waals surface area contributed by atoms with Crippen LogP contribution in [0.1, 0.15) is 28.2 Å². The van der Waals surface area contributed by atoms with E-state index in [2.05, 4.69) is 4.98 Å². The van der Waals surface area contributed by atoms with Gasteiger partial charge in [0.1, 0.15) is 11.4 Å². The van der Waals surface area contributed by atoms with Crippen LogP contribution in [0.15, 0.2) is 12.1 Å². The summed E-state index contributed by atoms with van der Waals surface area (Å²) in [5.74, 6) is 0. The second-order valence-electron chi connectivity index (χ2n) is 2.56. The van der Waals surface area contributed by atoms with Gasteiger partial charge in [0.2, 0.25) is 0 Å². The minimum absolute atomic E-state index is 0.0550. The molecule has 0 aliphatic carbocycles. The van der Waals surface area contributed by atoms with Gasteiger partial charge in [0.15, 0.2) is 0 Å². The highest BCUT2D eigenvalue weighted by atomic mass is 35.5. The summed E-state index contributed by atoms with van der Waals surface area (Å²) in [6.07, 6.45) is -2.74. The van der Waals surface area contributed by atoms with Crippen LogP contribution in [0.5, 0.6) is 0 Å². The van der Waals surface area contributed by atoms with Crippen molar-refractivity contribution in [2.24, 2.45) is 5.73 Å². The molecule has 76 valence electrons. The summed E-state index contributed by atoms with van der Waals surface area (Å²) in [6.45, 7) is 0.0550. The predicted octanol–water partition coefficient (Wildman–Crippen LogP) is 1.86. The van der Waals surface area contributed by atoms with Crippen LogP contribution >= 0.6 is 11.6 Å². The maximum atomic E-state index is 12.3. The number of nitrogens with two attached hydrogens (primary N) is 1. The topological polar surface area (TPSA) is 56.0 Å². The van der Waals surface area contributed by atoms with Crippen LogP contribution in [-0.2, 0) is 6.54 Å². The smallest absolute Gasteiger partial charge is 0.280 e. The summed E-state index contributed by atoms with van der Waals surface area (Å²) in [5.41, 5.74) is 4.97. The average Bonchev–Trinajstić information content (AvgIpc) is 2.16. The Balaban J connectivity index is 3.20. The SMILES string of the molecule is NCc1cc(C(=O)Cl)nc(C(F)F)c1. The minimum Gasteiger partial charge on any atom is -0.326 e. The summed E-state index contributed by atoms with van der Waals surface area (Å²) in [4.78, 5) is 14.1. The summed E-state index contributed by atoms with van der Waals surface area (Å²) >= 11 is 5.12. The quantitative estimate of drug-likeness (QED) is 0.791. The van der Waals surface area contributed by atoms with Crippen LogP contribution in [0, 0.1) is 0 Å². The number of halogens is 3. The molecule has 0 unspecified atom stereocenters. The fourth-order valence-corrected chi connectivity index (χ4v) is 1.04. The molecule has 0 saturated carbocycles. The number of rotatable bonds is 3. The summed E-state index contributed by atoms with van der Waals surface area (Å²) in [7, 11) is 0. The maximum Gasteiger partial charge on any atom is 0.280 e. The Morgan fingerprint density at radius 3 is 2.64 bits per heavy atom. The summed E-state index contributed by atoms with van der Waals surface area (Å²) in [5, 5.41) is -0.873. The Bertz CT molecular complexity index is 357. The van der Waals surface area contributed by atoms with Crippen LogP contribution in [0.2, 0.25) is 0 Å². The lowest BCUT2D eigenvalue weighted by Gasteiger charge is -2.04. The first-order chi connectivity index (χ1) is 6.54. The van der Waals surface area contributed by atoms with E-state index in [-0.39, 0.29) is 12.2 Å². The van der Waals surface area contributed by atoms with Gasteiger partial charge in [0.05, 0.1) is 0 Å². The van der Waals surface area contributed by atoms with Gasteiger partial charge in [-0.3, -0.25) is 4.79 Å². The largest absolute Gasteiger partial charge is 0.326 e. The zero-order valence-corrected chi connectivity index (χ0v) is 7.76. The fraction of sp³-hybridized carbons (Fsp3) is 0.250. The molecule has 6 heteroatoms. The Hall–Kier alpha value is -1.07. The zero-order valence-electron chi connectivity index (χ0n) is 7.01. The van der Waals surface area contributed by atoms with Gasteiger partial charge in [-0.05, 0) is 29.3 Å². The molecule has 0 radical (unpaired) electrons. The number of carbonyl (C=O) groups excluding carboxylic acids is 1. The number of hydrogen-bond donors (Lipinski definition) is 1. The molecule has 14 heavy (non-hydrogen) atoms. The molecule has 0 aliphatic rings. The lowest BCUT2D eigenvalue weighted by molar-refractivity contribution is 0.107. The first-order valence-corrected chi connectivity index (χ1v) is 4.11. The van der Waals surface area contributed by atoms with Gasteiger partial charge in [-0.15, -0.1) is 0 Å². The first kappa shape index (κ1) is 11.0. The van der Waals surface area contributed by atoms with E-state index in [9.17, 15) is 13.6 Å². The van der Waals surface area contributed by atoms with Crippen LogP contribution in [0.3, 0.4) is 0 Å². The molecule has 1 rings (SSSR count). The number of nitrogens with zero attached hydrogens (tertiary/aromatic N) is 1. The van der Waals surface area contributed by atoms with Crippen molar-refractivity contribution >= 4 is 16.8 Å². The number of alkyl halides is 2. The van der Waals surface area contributed by atoms with Gasteiger partial charge < -0.3 is 5.73 Å². The van der Waals surface area contributed by atoms with E-state index in [4.69, 9.17) is 17.3 Å². The Labute approximate surface area is 83.9 Å². The third kappa shape index (κ3) is 2.46. The molecular weight excluding hydrogens is 214 g/mol. The van der Waals surface area contributed by atoms with E-state index in [0.29, 0.717) is 5.56 Å². The van der Waals surface area contributed by atoms with Gasteiger partial charge >= 0.3 is 0 Å². The lowest BCUT2D eigenvalue weighted by atomic mass is 10.2. The number of pyridine rings is 1. The van der Waals surface area contributed by atoms with Crippen molar-refractivity contribution < 1.29 is 13.6 Å². The van der Waals surface area contributed by atoms with Crippen molar-refractivity contribution in [1.82, 2.24) is 4.98 Å². The van der Waals surface area contributed by atoms with Gasteiger partial charge in [0.25, 0.3) is 11.7 Å². The van der Waals surface area contributed by atoms with E-state index in [1.807, 2.05) is 0 Å². The van der Waals surface area contributed by atoms with Crippen molar-refractivity contribution in [3.05, 3.63) is 29.1 Å². The van der Waals surface area contributed by atoms with Crippen molar-refractivity contribution in [3.8, 4) is 0 Å². The van der Waals surface area contributed by atoms with Crippen molar-refractivity contribution in [3.63, 3.8) is 0 Å². The predicted molar refractivity (Wildman–Crippen MR) is 47.3 cm³/mol. The Kier molecular flexibility index (Phi) is 3.49. The van der Waals surface area contributed by atoms with Gasteiger partial charge in [-0.25, -0.2) is 13.8 Å². The molecule has 0 amide bonds. The molecule has 0 fully saturated rings. The standard InChI is InChI=1S/C8H7ClF2N2O/c9-7(14)5-1-4(3-12)2-6(13-5)8(10)11/h1-2,8H,3,12H2. The fourth-order valence-electron chi connectivity index (χ4n) is 0.941. The van der Waals surface area contributed by atoms with E-state index in [1.54, 1.807) is 0 Å². The second-order valence-corrected chi connectivity index (χ2v) is 2.91. The molecule has 2 N–H and O–H groups in total. The van der Waals surface area contributed by atoms with Crippen molar-refractivity contribution in [2.45, 2.75) is 13.0 Å². The molecule has 0 atom stereocenters. The number of hydrogen-bond acceptors (Lipinski definition) is 3. The van der Waals surface area contributed by atoms with E-state index in [0.717, 1.165) is 6.07 Å². The summed E-state index contributed by atoms with van der Waals surface area (Å²) < 4.78 is 24.5. The molecule has 0 saturated heterocycles. The zero-order chi connectivity index (χ0) is 10.7. The van der Waals surface area contributed by atoms with E-state index in [1.165, 1.54) is 6.07 Å². The molecule has 1 aromatic rings. The van der Waals surface area contributed by atoms with E-state index >= 15 is 0 Å². The van der Waals surface area contributed by atoms with Gasteiger partial charge in [-0.1, -0.05) is 0 Å². The number of aromatic nitrogens is 1. The molecular formula is C8H7ClF2N2O. The molecule has 1 heterocycles. The molecule has 1 aromatic heterocycles. The van der Waals surface area contributed by atoms with Crippen molar-refractivity contribution in [2.75, 3.05) is 0 Å². The molecule has 0 spiro atoms. The second kappa shape index (κ2) is 4.43. The maximum absolute atomic E-state index is 12.3. The summed E-state index contributed by atoms with van der Waals surface area (Å²) in [6, 6.07) is 2.44. The lowest BCUT2D eigenvalue weighted by Crippen LogP contribution is -2.04. The van der Waals surface area contributed by atoms with Crippen LogP contribution in [-0.4, -0.2) is 10.2 Å². The van der Waals surface area contributed by atoms with Crippen LogP contribution < -0.4 is 5.73 Å². The monoisotopic (exact) mass is 220 g/mol. The highest BCUT2D eigenvalue weighted by Gasteiger charge is 2.13. The average molecular weight is 221 g/mol. The van der Waals surface area contributed by atoms with Crippen molar-refractivity contribution in [1.29, 1.82) is 0 Å². The van der Waals surface area contributed by atoms with Crippen LogP contribution in [0.25, 0.3) is 0 Å². The number of carbonyl (C=O) groups is 1. The van der Waals surface area contributed by atoms with Gasteiger partial charge in [0, 0.05) is 6.54 Å². The molecule has 0 aromatic carbocycles. The molecule has 0 bridgehead atoms. The third-order valence-corrected chi connectivity index (χ3v) is 1.76. The molecule has 3 nitrogen and oxygen atoms in total. The minimum atomic E-state index is -2.74.